The number of benzene rings is 1. The van der Waals surface area contributed by atoms with Gasteiger partial charge in [-0.15, -0.1) is 0 Å². The molecular formula is C12H15NO3. The molecule has 0 atom stereocenters. The molecule has 0 spiro atoms. The second-order valence-electron chi connectivity index (χ2n) is 3.68. The summed E-state index contributed by atoms with van der Waals surface area (Å²) < 4.78 is 0. The van der Waals surface area contributed by atoms with E-state index in [4.69, 9.17) is 10.8 Å². The highest BCUT2D eigenvalue weighted by Gasteiger charge is 2.01. The van der Waals surface area contributed by atoms with Crippen LogP contribution in [0.15, 0.2) is 24.3 Å². The van der Waals surface area contributed by atoms with E-state index in [9.17, 15) is 9.59 Å². The van der Waals surface area contributed by atoms with Crippen LogP contribution in [-0.2, 0) is 22.4 Å². The van der Waals surface area contributed by atoms with Crippen LogP contribution < -0.4 is 5.73 Å². The van der Waals surface area contributed by atoms with Gasteiger partial charge in [-0.05, 0) is 24.0 Å². The topological polar surface area (TPSA) is 80.4 Å². The van der Waals surface area contributed by atoms with Crippen molar-refractivity contribution in [2.75, 3.05) is 0 Å². The van der Waals surface area contributed by atoms with E-state index < -0.39 is 5.97 Å². The van der Waals surface area contributed by atoms with Gasteiger partial charge in [0.05, 0.1) is 0 Å². The van der Waals surface area contributed by atoms with Crippen LogP contribution >= 0.6 is 0 Å². The van der Waals surface area contributed by atoms with Gasteiger partial charge < -0.3 is 10.8 Å². The predicted octanol–water partition coefficient (Wildman–Crippen LogP) is 1.12. The van der Waals surface area contributed by atoms with E-state index in [1.807, 2.05) is 24.3 Å². The van der Waals surface area contributed by atoms with E-state index in [2.05, 4.69) is 0 Å². The molecule has 0 radical (unpaired) electrons. The number of hydrogen-bond acceptors (Lipinski definition) is 2. The largest absolute Gasteiger partial charge is 0.481 e. The summed E-state index contributed by atoms with van der Waals surface area (Å²) in [6, 6.07) is 7.59. The molecule has 4 heteroatoms. The van der Waals surface area contributed by atoms with Crippen LogP contribution in [0.3, 0.4) is 0 Å². The number of carbonyl (C=O) groups excluding carboxylic acids is 1. The van der Waals surface area contributed by atoms with Crippen molar-refractivity contribution in [3.63, 3.8) is 0 Å². The van der Waals surface area contributed by atoms with Gasteiger partial charge in [0.15, 0.2) is 0 Å². The van der Waals surface area contributed by atoms with E-state index in [1.165, 1.54) is 0 Å². The molecule has 0 aliphatic heterocycles. The van der Waals surface area contributed by atoms with Gasteiger partial charge in [-0.25, -0.2) is 0 Å². The van der Waals surface area contributed by atoms with Crippen molar-refractivity contribution in [2.24, 2.45) is 5.73 Å². The molecule has 0 aliphatic rings. The fourth-order valence-electron chi connectivity index (χ4n) is 1.46. The van der Waals surface area contributed by atoms with Crippen molar-refractivity contribution >= 4 is 11.9 Å². The Morgan fingerprint density at radius 2 is 1.69 bits per heavy atom. The van der Waals surface area contributed by atoms with E-state index in [0.29, 0.717) is 19.3 Å². The summed E-state index contributed by atoms with van der Waals surface area (Å²) in [5.74, 6) is -1.13. The molecule has 0 fully saturated rings. The first-order chi connectivity index (χ1) is 7.58. The fourth-order valence-corrected chi connectivity index (χ4v) is 1.46. The third kappa shape index (κ3) is 4.59. The van der Waals surface area contributed by atoms with Gasteiger partial charge in [-0.3, -0.25) is 9.59 Å². The van der Waals surface area contributed by atoms with E-state index >= 15 is 0 Å². The number of carbonyl (C=O) groups is 2. The Hall–Kier alpha value is -1.84. The van der Waals surface area contributed by atoms with Crippen molar-refractivity contribution in [1.29, 1.82) is 0 Å². The Bertz CT molecular complexity index is 354. The first-order valence-electron chi connectivity index (χ1n) is 5.16. The van der Waals surface area contributed by atoms with E-state index in [0.717, 1.165) is 11.1 Å². The predicted molar refractivity (Wildman–Crippen MR) is 59.9 cm³/mol. The lowest BCUT2D eigenvalue weighted by atomic mass is 10.0. The molecule has 86 valence electrons. The molecule has 0 aromatic heterocycles. The maximum atomic E-state index is 10.6. The zero-order chi connectivity index (χ0) is 12.0. The van der Waals surface area contributed by atoms with Crippen molar-refractivity contribution in [2.45, 2.75) is 25.7 Å². The van der Waals surface area contributed by atoms with Crippen molar-refractivity contribution in [3.8, 4) is 0 Å². The molecule has 1 amide bonds. The summed E-state index contributed by atoms with van der Waals surface area (Å²) in [5, 5.41) is 8.56. The number of carboxylic acid groups (broad SMARTS) is 1. The fraction of sp³-hybridized carbons (Fsp3) is 0.333. The molecule has 16 heavy (non-hydrogen) atoms. The normalized spacial score (nSPS) is 10.0. The third-order valence-electron chi connectivity index (χ3n) is 2.28. The van der Waals surface area contributed by atoms with Crippen LogP contribution in [0.5, 0.6) is 0 Å². The lowest BCUT2D eigenvalue weighted by Crippen LogP contribution is -2.11. The van der Waals surface area contributed by atoms with Gasteiger partial charge in [-0.2, -0.15) is 0 Å². The molecule has 3 N–H and O–H groups in total. The SMILES string of the molecule is NC(=O)CCc1cccc(CCC(=O)O)c1. The van der Waals surface area contributed by atoms with E-state index in [-0.39, 0.29) is 12.3 Å². The van der Waals surface area contributed by atoms with Crippen molar-refractivity contribution in [1.82, 2.24) is 0 Å². The molecular weight excluding hydrogens is 206 g/mol. The molecule has 0 bridgehead atoms. The zero-order valence-corrected chi connectivity index (χ0v) is 8.98. The number of hydrogen-bond donors (Lipinski definition) is 2. The number of carboxylic acids is 1. The number of aryl methyl sites for hydroxylation is 2. The first kappa shape index (κ1) is 12.2. The summed E-state index contributed by atoms with van der Waals surface area (Å²) >= 11 is 0. The maximum Gasteiger partial charge on any atom is 0.303 e. The molecule has 0 heterocycles. The Labute approximate surface area is 94.1 Å². The average molecular weight is 221 g/mol. The Kier molecular flexibility index (Phi) is 4.51. The second-order valence-corrected chi connectivity index (χ2v) is 3.68. The summed E-state index contributed by atoms with van der Waals surface area (Å²) in [4.78, 5) is 21.0. The zero-order valence-electron chi connectivity index (χ0n) is 8.98. The van der Waals surface area contributed by atoms with Gasteiger partial charge in [0.2, 0.25) is 5.91 Å². The summed E-state index contributed by atoms with van der Waals surface area (Å²) in [7, 11) is 0. The monoisotopic (exact) mass is 221 g/mol. The van der Waals surface area contributed by atoms with Crippen LogP contribution in [0.25, 0.3) is 0 Å². The average Bonchev–Trinajstić information content (AvgIpc) is 2.24. The lowest BCUT2D eigenvalue weighted by Gasteiger charge is -2.03. The van der Waals surface area contributed by atoms with Crippen LogP contribution in [0.2, 0.25) is 0 Å². The standard InChI is InChI=1S/C12H15NO3/c13-11(14)6-4-9-2-1-3-10(8-9)5-7-12(15)16/h1-3,8H,4-7H2,(H2,13,14)(H,15,16). The summed E-state index contributed by atoms with van der Waals surface area (Å²) in [5.41, 5.74) is 7.05. The highest BCUT2D eigenvalue weighted by Crippen LogP contribution is 2.09. The second kappa shape index (κ2) is 5.90. The minimum Gasteiger partial charge on any atom is -0.481 e. The van der Waals surface area contributed by atoms with Gasteiger partial charge in [0, 0.05) is 12.8 Å². The maximum absolute atomic E-state index is 10.6. The molecule has 1 aromatic rings. The number of primary amides is 1. The molecule has 4 nitrogen and oxygen atoms in total. The van der Waals surface area contributed by atoms with Gasteiger partial charge in [0.25, 0.3) is 0 Å². The van der Waals surface area contributed by atoms with Crippen LogP contribution in [0, 0.1) is 0 Å². The lowest BCUT2D eigenvalue weighted by molar-refractivity contribution is -0.137. The molecule has 0 saturated carbocycles. The van der Waals surface area contributed by atoms with E-state index in [1.54, 1.807) is 0 Å². The smallest absolute Gasteiger partial charge is 0.303 e. The van der Waals surface area contributed by atoms with Crippen LogP contribution in [-0.4, -0.2) is 17.0 Å². The first-order valence-corrected chi connectivity index (χ1v) is 5.16. The van der Waals surface area contributed by atoms with Crippen molar-refractivity contribution < 1.29 is 14.7 Å². The van der Waals surface area contributed by atoms with Crippen molar-refractivity contribution in [3.05, 3.63) is 35.4 Å². The van der Waals surface area contributed by atoms with Crippen LogP contribution in [0.4, 0.5) is 0 Å². The summed E-state index contributed by atoms with van der Waals surface area (Å²) in [6.07, 6.45) is 1.57. The third-order valence-corrected chi connectivity index (χ3v) is 2.28. The Morgan fingerprint density at radius 1 is 1.12 bits per heavy atom. The molecule has 1 aromatic carbocycles. The Balaban J connectivity index is 2.56. The quantitative estimate of drug-likeness (QED) is 0.755. The molecule has 0 aliphatic carbocycles. The molecule has 0 unspecified atom stereocenters. The number of nitrogens with two attached hydrogens (primary N) is 1. The van der Waals surface area contributed by atoms with Gasteiger partial charge in [0.1, 0.15) is 0 Å². The highest BCUT2D eigenvalue weighted by molar-refractivity contribution is 5.74. The minimum absolute atomic E-state index is 0.124. The number of amides is 1. The minimum atomic E-state index is -0.803. The number of aliphatic carboxylic acids is 1. The van der Waals surface area contributed by atoms with Gasteiger partial charge in [-0.1, -0.05) is 24.3 Å². The number of rotatable bonds is 6. The van der Waals surface area contributed by atoms with Gasteiger partial charge >= 0.3 is 5.97 Å². The Morgan fingerprint density at radius 3 is 2.19 bits per heavy atom. The van der Waals surface area contributed by atoms with Crippen LogP contribution in [0.1, 0.15) is 24.0 Å². The molecule has 1 rings (SSSR count). The molecule has 0 saturated heterocycles. The highest BCUT2D eigenvalue weighted by atomic mass is 16.4. The summed E-state index contributed by atoms with van der Waals surface area (Å²) in [6.45, 7) is 0.